The Kier molecular flexibility index (Phi) is 5.67. The number of halogens is 1. The van der Waals surface area contributed by atoms with Gasteiger partial charge in [0.25, 0.3) is 5.56 Å². The van der Waals surface area contributed by atoms with Gasteiger partial charge in [-0.25, -0.2) is 22.2 Å². The Morgan fingerprint density at radius 1 is 1.19 bits per heavy atom. The third kappa shape index (κ3) is 5.37. The number of hydrogen-bond donors (Lipinski definition) is 1. The number of nitrogens with zero attached hydrogens (tertiary/aromatic N) is 2. The topological polar surface area (TPSA) is 90.3 Å². The highest BCUT2D eigenvalue weighted by Crippen LogP contribution is 2.38. The first-order valence-corrected chi connectivity index (χ1v) is 10.0. The second-order valence-corrected chi connectivity index (χ2v) is 8.04. The van der Waals surface area contributed by atoms with E-state index in [2.05, 4.69) is 9.82 Å². The molecule has 0 bridgehead atoms. The maximum atomic E-state index is 12.8. The number of aromatic nitrogens is 2. The standard InChI is InChI=1S/C17H20FN3O4S/c18-14-3-5-15(6-4-14)25-11-12-26(23,24)19-9-10-21-17(22)8-7-16(20-21)13-1-2-13/h3-8,13,19H,1-2,9-12H2. The monoisotopic (exact) mass is 381 g/mol. The van der Waals surface area contributed by atoms with Crippen LogP contribution in [0.2, 0.25) is 0 Å². The van der Waals surface area contributed by atoms with E-state index in [4.69, 9.17) is 4.74 Å². The molecule has 0 spiro atoms. The highest BCUT2D eigenvalue weighted by molar-refractivity contribution is 7.89. The van der Waals surface area contributed by atoms with E-state index >= 15 is 0 Å². The van der Waals surface area contributed by atoms with E-state index in [1.54, 1.807) is 6.07 Å². The molecule has 0 atom stereocenters. The average Bonchev–Trinajstić information content (AvgIpc) is 3.43. The third-order valence-electron chi connectivity index (χ3n) is 3.96. The van der Waals surface area contributed by atoms with Crippen molar-refractivity contribution in [3.8, 4) is 5.75 Å². The van der Waals surface area contributed by atoms with Crippen LogP contribution in [0, 0.1) is 5.82 Å². The summed E-state index contributed by atoms with van der Waals surface area (Å²) in [5, 5.41) is 4.28. The number of nitrogens with one attached hydrogen (secondary N) is 1. The minimum absolute atomic E-state index is 0.0592. The van der Waals surface area contributed by atoms with Crippen molar-refractivity contribution in [2.24, 2.45) is 0 Å². The molecular weight excluding hydrogens is 361 g/mol. The van der Waals surface area contributed by atoms with Crippen LogP contribution in [0.5, 0.6) is 5.75 Å². The van der Waals surface area contributed by atoms with Crippen molar-refractivity contribution < 1.29 is 17.5 Å². The zero-order chi connectivity index (χ0) is 18.6. The van der Waals surface area contributed by atoms with Crippen LogP contribution in [0.25, 0.3) is 0 Å². The van der Waals surface area contributed by atoms with Crippen molar-refractivity contribution >= 4 is 10.0 Å². The quantitative estimate of drug-likeness (QED) is 0.706. The maximum Gasteiger partial charge on any atom is 0.266 e. The Morgan fingerprint density at radius 2 is 1.92 bits per heavy atom. The second kappa shape index (κ2) is 7.96. The van der Waals surface area contributed by atoms with Crippen LogP contribution in [0.1, 0.15) is 24.5 Å². The predicted molar refractivity (Wildman–Crippen MR) is 94.2 cm³/mol. The molecule has 0 saturated heterocycles. The highest BCUT2D eigenvalue weighted by Gasteiger charge is 2.25. The third-order valence-corrected chi connectivity index (χ3v) is 5.31. The van der Waals surface area contributed by atoms with Crippen LogP contribution in [0.3, 0.4) is 0 Å². The van der Waals surface area contributed by atoms with Crippen LogP contribution < -0.4 is 15.0 Å². The van der Waals surface area contributed by atoms with Crippen LogP contribution >= 0.6 is 0 Å². The molecule has 0 unspecified atom stereocenters. The van der Waals surface area contributed by atoms with Gasteiger partial charge in [-0.05, 0) is 43.2 Å². The van der Waals surface area contributed by atoms with E-state index in [-0.39, 0.29) is 36.8 Å². The predicted octanol–water partition coefficient (Wildman–Crippen LogP) is 1.26. The van der Waals surface area contributed by atoms with Crippen molar-refractivity contribution in [3.63, 3.8) is 0 Å². The van der Waals surface area contributed by atoms with Crippen molar-refractivity contribution in [3.05, 3.63) is 58.3 Å². The van der Waals surface area contributed by atoms with Crippen molar-refractivity contribution in [1.82, 2.24) is 14.5 Å². The number of rotatable bonds is 9. The Balaban J connectivity index is 1.45. The summed E-state index contributed by atoms with van der Waals surface area (Å²) in [5.74, 6) is 0.187. The average molecular weight is 381 g/mol. The molecule has 0 amide bonds. The van der Waals surface area contributed by atoms with Gasteiger partial charge in [-0.1, -0.05) is 0 Å². The van der Waals surface area contributed by atoms with Gasteiger partial charge in [-0.15, -0.1) is 0 Å². The van der Waals surface area contributed by atoms with Gasteiger partial charge in [-0.2, -0.15) is 5.10 Å². The zero-order valence-corrected chi connectivity index (χ0v) is 14.9. The SMILES string of the molecule is O=c1ccc(C2CC2)nn1CCNS(=O)(=O)CCOc1ccc(F)cc1. The minimum Gasteiger partial charge on any atom is -0.492 e. The van der Waals surface area contributed by atoms with Crippen molar-refractivity contribution in [1.29, 1.82) is 0 Å². The smallest absolute Gasteiger partial charge is 0.266 e. The molecule has 7 nitrogen and oxygen atoms in total. The largest absolute Gasteiger partial charge is 0.492 e. The summed E-state index contributed by atoms with van der Waals surface area (Å²) in [5.41, 5.74) is 0.619. The highest BCUT2D eigenvalue weighted by atomic mass is 32.2. The first-order valence-electron chi connectivity index (χ1n) is 8.37. The minimum atomic E-state index is -3.55. The van der Waals surface area contributed by atoms with E-state index in [0.717, 1.165) is 18.5 Å². The van der Waals surface area contributed by atoms with Gasteiger partial charge in [0.05, 0.1) is 18.0 Å². The molecule has 1 aromatic carbocycles. The Morgan fingerprint density at radius 3 is 2.62 bits per heavy atom. The van der Waals surface area contributed by atoms with Gasteiger partial charge >= 0.3 is 0 Å². The van der Waals surface area contributed by atoms with Gasteiger partial charge in [0.1, 0.15) is 18.2 Å². The molecule has 0 aliphatic heterocycles. The van der Waals surface area contributed by atoms with E-state index in [1.165, 1.54) is 35.0 Å². The summed E-state index contributed by atoms with van der Waals surface area (Å²) >= 11 is 0. The molecule has 1 aliphatic carbocycles. The number of sulfonamides is 1. The molecule has 1 aromatic heterocycles. The van der Waals surface area contributed by atoms with E-state index in [1.807, 2.05) is 0 Å². The van der Waals surface area contributed by atoms with Crippen LogP contribution in [0.4, 0.5) is 4.39 Å². The summed E-state index contributed by atoms with van der Waals surface area (Å²) < 4.78 is 45.7. The van der Waals surface area contributed by atoms with Gasteiger partial charge < -0.3 is 4.74 Å². The number of hydrogen-bond acceptors (Lipinski definition) is 5. The maximum absolute atomic E-state index is 12.8. The second-order valence-electron chi connectivity index (χ2n) is 6.11. The van der Waals surface area contributed by atoms with Crippen molar-refractivity contribution in [2.75, 3.05) is 18.9 Å². The summed E-state index contributed by atoms with van der Waals surface area (Å²) in [6.07, 6.45) is 2.15. The molecule has 1 heterocycles. The van der Waals surface area contributed by atoms with E-state index < -0.39 is 10.0 Å². The van der Waals surface area contributed by atoms with Crippen LogP contribution in [-0.4, -0.2) is 37.1 Å². The fourth-order valence-corrected chi connectivity index (χ4v) is 3.25. The molecule has 0 radical (unpaired) electrons. The molecule has 140 valence electrons. The molecule has 2 aromatic rings. The summed E-state index contributed by atoms with van der Waals surface area (Å²) in [6.45, 7) is 0.174. The molecule has 1 saturated carbocycles. The normalized spacial score (nSPS) is 14.3. The summed E-state index contributed by atoms with van der Waals surface area (Å²) in [7, 11) is -3.55. The van der Waals surface area contributed by atoms with E-state index in [9.17, 15) is 17.6 Å². The number of benzene rings is 1. The van der Waals surface area contributed by atoms with Gasteiger partial charge in [0.15, 0.2) is 0 Å². The lowest BCUT2D eigenvalue weighted by molar-refractivity contribution is 0.339. The first kappa shape index (κ1) is 18.5. The van der Waals surface area contributed by atoms with Gasteiger partial charge in [0, 0.05) is 18.5 Å². The fourth-order valence-electron chi connectivity index (χ4n) is 2.40. The zero-order valence-electron chi connectivity index (χ0n) is 14.1. The van der Waals surface area contributed by atoms with Gasteiger partial charge in [0.2, 0.25) is 10.0 Å². The lowest BCUT2D eigenvalue weighted by Crippen LogP contribution is -2.34. The molecule has 26 heavy (non-hydrogen) atoms. The fraction of sp³-hybridized carbons (Fsp3) is 0.412. The van der Waals surface area contributed by atoms with Crippen molar-refractivity contribution in [2.45, 2.75) is 25.3 Å². The first-order chi connectivity index (χ1) is 12.4. The lowest BCUT2D eigenvalue weighted by Gasteiger charge is -2.10. The molecule has 9 heteroatoms. The lowest BCUT2D eigenvalue weighted by atomic mass is 10.3. The Bertz CT molecular complexity index is 908. The van der Waals surface area contributed by atoms with E-state index in [0.29, 0.717) is 11.7 Å². The molecule has 3 rings (SSSR count). The molecule has 1 fully saturated rings. The summed E-state index contributed by atoms with van der Waals surface area (Å²) in [4.78, 5) is 11.8. The van der Waals surface area contributed by atoms with Gasteiger partial charge in [-0.3, -0.25) is 4.79 Å². The summed E-state index contributed by atoms with van der Waals surface area (Å²) in [6, 6.07) is 8.53. The molecule has 1 N–H and O–H groups in total. The number of ether oxygens (including phenoxy) is 1. The molecular formula is C17H20FN3O4S. The molecule has 1 aliphatic rings. The Labute approximate surface area is 150 Å². The van der Waals surface area contributed by atoms with Crippen LogP contribution in [0.15, 0.2) is 41.2 Å². The van der Waals surface area contributed by atoms with Crippen LogP contribution in [-0.2, 0) is 16.6 Å². The Hall–Kier alpha value is -2.26.